The summed E-state index contributed by atoms with van der Waals surface area (Å²) in [5.74, 6) is -1.23. The minimum absolute atomic E-state index is 0.0847. The van der Waals surface area contributed by atoms with Gasteiger partial charge in [0.15, 0.2) is 0 Å². The lowest BCUT2D eigenvalue weighted by molar-refractivity contribution is 0.0699. The van der Waals surface area contributed by atoms with Crippen LogP contribution in [0.15, 0.2) is 47.4 Å². The second kappa shape index (κ2) is 5.77. The molecule has 1 aliphatic rings. The molecule has 0 fully saturated rings. The van der Waals surface area contributed by atoms with Gasteiger partial charge in [0.1, 0.15) is 22.7 Å². The number of fused-ring (bicyclic) bond motifs is 2. The predicted molar refractivity (Wildman–Crippen MR) is 95.3 cm³/mol. The van der Waals surface area contributed by atoms with Crippen LogP contribution in [0.25, 0.3) is 27.9 Å². The molecule has 0 amide bonds. The first-order valence-electron chi connectivity index (χ1n) is 8.06. The summed E-state index contributed by atoms with van der Waals surface area (Å²) in [5, 5.41) is 13.6. The number of hydrogen-bond acceptors (Lipinski definition) is 3. The standard InChI is InChI=1S/C20H16FNO3/c1-11-3-2-8-22-16-10-17-15(9-14(11)16)18(20(23)24)19(25-17)12-4-6-13(21)7-5-12/h4-7,9-10,22H,1-3,8H2,(H,23,24). The van der Waals surface area contributed by atoms with Crippen LogP contribution in [-0.2, 0) is 0 Å². The van der Waals surface area contributed by atoms with Gasteiger partial charge in [-0.3, -0.25) is 0 Å². The van der Waals surface area contributed by atoms with Gasteiger partial charge in [-0.05, 0) is 48.7 Å². The summed E-state index contributed by atoms with van der Waals surface area (Å²) in [7, 11) is 0. The molecular weight excluding hydrogens is 321 g/mol. The Morgan fingerprint density at radius 1 is 1.24 bits per heavy atom. The van der Waals surface area contributed by atoms with Gasteiger partial charge in [-0.2, -0.15) is 0 Å². The zero-order valence-corrected chi connectivity index (χ0v) is 13.4. The quantitative estimate of drug-likeness (QED) is 0.678. The van der Waals surface area contributed by atoms with Gasteiger partial charge < -0.3 is 14.8 Å². The van der Waals surface area contributed by atoms with E-state index in [9.17, 15) is 14.3 Å². The Bertz CT molecular complexity index is 1000. The second-order valence-electron chi connectivity index (χ2n) is 6.15. The van der Waals surface area contributed by atoms with Crippen molar-refractivity contribution in [1.29, 1.82) is 0 Å². The largest absolute Gasteiger partial charge is 0.478 e. The second-order valence-corrected chi connectivity index (χ2v) is 6.15. The van der Waals surface area contributed by atoms with Crippen LogP contribution < -0.4 is 5.32 Å². The SMILES string of the molecule is C=C1CCCNc2cc3oc(-c4ccc(F)cc4)c(C(=O)O)c3cc21. The fourth-order valence-electron chi connectivity index (χ4n) is 3.26. The number of benzene rings is 2. The molecule has 0 unspecified atom stereocenters. The molecular formula is C20H16FNO3. The number of carbonyl (C=O) groups is 1. The summed E-state index contributed by atoms with van der Waals surface area (Å²) in [6.45, 7) is 4.94. The fraction of sp³-hybridized carbons (Fsp3) is 0.150. The van der Waals surface area contributed by atoms with Crippen molar-refractivity contribution in [2.75, 3.05) is 11.9 Å². The van der Waals surface area contributed by atoms with Gasteiger partial charge in [-0.1, -0.05) is 6.58 Å². The first kappa shape index (κ1) is 15.4. The predicted octanol–water partition coefficient (Wildman–Crippen LogP) is 5.16. The first-order chi connectivity index (χ1) is 12.0. The number of aromatic carboxylic acids is 1. The summed E-state index contributed by atoms with van der Waals surface area (Å²) in [5.41, 5.74) is 3.88. The van der Waals surface area contributed by atoms with Crippen LogP contribution in [0.5, 0.6) is 0 Å². The monoisotopic (exact) mass is 337 g/mol. The smallest absolute Gasteiger partial charge is 0.340 e. The van der Waals surface area contributed by atoms with E-state index in [1.54, 1.807) is 0 Å². The molecule has 126 valence electrons. The van der Waals surface area contributed by atoms with Gasteiger partial charge in [0.05, 0.1) is 0 Å². The lowest BCUT2D eigenvalue weighted by Crippen LogP contribution is -2.00. The third-order valence-corrected chi connectivity index (χ3v) is 4.50. The molecule has 5 heteroatoms. The lowest BCUT2D eigenvalue weighted by atomic mass is 9.98. The van der Waals surface area contributed by atoms with Crippen molar-refractivity contribution < 1.29 is 18.7 Å². The number of hydrogen-bond donors (Lipinski definition) is 2. The van der Waals surface area contributed by atoms with E-state index in [1.165, 1.54) is 24.3 Å². The number of rotatable bonds is 2. The Labute approximate surface area is 143 Å². The topological polar surface area (TPSA) is 62.5 Å². The van der Waals surface area contributed by atoms with Crippen molar-refractivity contribution in [1.82, 2.24) is 0 Å². The molecule has 0 bridgehead atoms. The van der Waals surface area contributed by atoms with Crippen LogP contribution in [0.1, 0.15) is 28.8 Å². The highest BCUT2D eigenvalue weighted by Crippen LogP contribution is 2.39. The van der Waals surface area contributed by atoms with Gasteiger partial charge in [0.2, 0.25) is 0 Å². The molecule has 25 heavy (non-hydrogen) atoms. The zero-order chi connectivity index (χ0) is 17.6. The number of anilines is 1. The van der Waals surface area contributed by atoms with Crippen LogP contribution in [0.4, 0.5) is 10.1 Å². The van der Waals surface area contributed by atoms with Crippen molar-refractivity contribution >= 4 is 28.2 Å². The molecule has 0 atom stereocenters. The molecule has 0 spiro atoms. The van der Waals surface area contributed by atoms with E-state index in [4.69, 9.17) is 4.42 Å². The van der Waals surface area contributed by atoms with Crippen molar-refractivity contribution in [2.45, 2.75) is 12.8 Å². The maximum absolute atomic E-state index is 13.2. The number of nitrogens with one attached hydrogen (secondary N) is 1. The zero-order valence-electron chi connectivity index (χ0n) is 13.4. The van der Waals surface area contributed by atoms with E-state index in [0.717, 1.165) is 36.2 Å². The number of furan rings is 1. The molecule has 1 aromatic heterocycles. The Morgan fingerprint density at radius 2 is 2.00 bits per heavy atom. The Hall–Kier alpha value is -3.08. The van der Waals surface area contributed by atoms with E-state index in [-0.39, 0.29) is 17.1 Å². The molecule has 2 N–H and O–H groups in total. The molecule has 0 radical (unpaired) electrons. The highest BCUT2D eigenvalue weighted by Gasteiger charge is 2.24. The highest BCUT2D eigenvalue weighted by molar-refractivity contribution is 6.09. The average Bonchev–Trinajstić information content (AvgIpc) is 2.87. The maximum Gasteiger partial charge on any atom is 0.340 e. The number of halogens is 1. The molecule has 3 aromatic rings. The molecule has 0 saturated heterocycles. The number of carboxylic acid groups (broad SMARTS) is 1. The van der Waals surface area contributed by atoms with Crippen LogP contribution in [-0.4, -0.2) is 17.6 Å². The van der Waals surface area contributed by atoms with Crippen molar-refractivity contribution in [3.8, 4) is 11.3 Å². The van der Waals surface area contributed by atoms with Gasteiger partial charge in [-0.15, -0.1) is 0 Å². The van der Waals surface area contributed by atoms with Crippen LogP contribution >= 0.6 is 0 Å². The summed E-state index contributed by atoms with van der Waals surface area (Å²) in [6, 6.07) is 9.24. The molecule has 1 aliphatic heterocycles. The average molecular weight is 337 g/mol. The van der Waals surface area contributed by atoms with E-state index >= 15 is 0 Å². The van der Waals surface area contributed by atoms with E-state index in [2.05, 4.69) is 11.9 Å². The Balaban J connectivity index is 1.99. The fourth-order valence-corrected chi connectivity index (χ4v) is 3.26. The van der Waals surface area contributed by atoms with Crippen LogP contribution in [0, 0.1) is 5.82 Å². The Morgan fingerprint density at radius 3 is 2.72 bits per heavy atom. The third-order valence-electron chi connectivity index (χ3n) is 4.50. The minimum Gasteiger partial charge on any atom is -0.478 e. The molecule has 0 aliphatic carbocycles. The third kappa shape index (κ3) is 2.58. The summed E-state index contributed by atoms with van der Waals surface area (Å²) in [6.07, 6.45) is 1.83. The Kier molecular flexibility index (Phi) is 3.57. The van der Waals surface area contributed by atoms with Crippen molar-refractivity contribution in [3.63, 3.8) is 0 Å². The molecule has 4 rings (SSSR count). The normalized spacial score (nSPS) is 14.0. The lowest BCUT2D eigenvalue weighted by Gasteiger charge is -2.08. The van der Waals surface area contributed by atoms with Gasteiger partial charge in [-0.25, -0.2) is 9.18 Å². The van der Waals surface area contributed by atoms with Crippen LogP contribution in [0.2, 0.25) is 0 Å². The molecule has 4 nitrogen and oxygen atoms in total. The maximum atomic E-state index is 13.2. The summed E-state index contributed by atoms with van der Waals surface area (Å²) >= 11 is 0. The molecule has 2 aromatic carbocycles. The molecule has 0 saturated carbocycles. The van der Waals surface area contributed by atoms with Gasteiger partial charge >= 0.3 is 5.97 Å². The van der Waals surface area contributed by atoms with Gasteiger partial charge in [0.25, 0.3) is 0 Å². The first-order valence-corrected chi connectivity index (χ1v) is 8.06. The summed E-state index contributed by atoms with van der Waals surface area (Å²) < 4.78 is 19.0. The van der Waals surface area contributed by atoms with E-state index < -0.39 is 5.97 Å². The van der Waals surface area contributed by atoms with Crippen LogP contribution in [0.3, 0.4) is 0 Å². The molecule has 2 heterocycles. The van der Waals surface area contributed by atoms with Crippen molar-refractivity contribution in [3.05, 3.63) is 59.9 Å². The summed E-state index contributed by atoms with van der Waals surface area (Å²) in [4.78, 5) is 11.9. The number of allylic oxidation sites excluding steroid dienone is 1. The van der Waals surface area contributed by atoms with E-state index in [0.29, 0.717) is 16.5 Å². The minimum atomic E-state index is -1.08. The van der Waals surface area contributed by atoms with Gasteiger partial charge in [0, 0.05) is 34.8 Å². The van der Waals surface area contributed by atoms with E-state index in [1.807, 2.05) is 12.1 Å². The highest BCUT2D eigenvalue weighted by atomic mass is 19.1. The van der Waals surface area contributed by atoms with Crippen molar-refractivity contribution in [2.24, 2.45) is 0 Å². The number of carboxylic acids is 1.